The van der Waals surface area contributed by atoms with Crippen molar-refractivity contribution in [1.29, 1.82) is 0 Å². The van der Waals surface area contributed by atoms with Gasteiger partial charge in [0.25, 0.3) is 0 Å². The SMILES string of the molecule is c1cc2c(cc1C1CC1)CNC2. The monoisotopic (exact) mass is 159 g/mol. The number of rotatable bonds is 1. The third-order valence-electron chi connectivity index (χ3n) is 2.91. The standard InChI is InChI=1S/C11H13N/c1-2-8(1)9-3-4-10-6-12-7-11(10)5-9/h3-5,8,12H,1-2,6-7H2. The van der Waals surface area contributed by atoms with Crippen LogP contribution in [0, 0.1) is 0 Å². The van der Waals surface area contributed by atoms with Crippen molar-refractivity contribution in [1.82, 2.24) is 5.32 Å². The molecule has 1 aliphatic carbocycles. The maximum absolute atomic E-state index is 3.37. The lowest BCUT2D eigenvalue weighted by Crippen LogP contribution is -1.99. The van der Waals surface area contributed by atoms with Crippen LogP contribution in [0.15, 0.2) is 18.2 Å². The fraction of sp³-hybridized carbons (Fsp3) is 0.455. The Labute approximate surface area is 72.8 Å². The molecule has 1 N–H and O–H groups in total. The smallest absolute Gasteiger partial charge is 0.0212 e. The number of nitrogens with one attached hydrogen (secondary N) is 1. The number of hydrogen-bond acceptors (Lipinski definition) is 1. The number of fused-ring (bicyclic) bond motifs is 1. The van der Waals surface area contributed by atoms with Gasteiger partial charge in [0.05, 0.1) is 0 Å². The van der Waals surface area contributed by atoms with Gasteiger partial charge < -0.3 is 5.32 Å². The van der Waals surface area contributed by atoms with E-state index in [0.717, 1.165) is 19.0 Å². The fourth-order valence-electron chi connectivity index (χ4n) is 1.99. The molecule has 1 nitrogen and oxygen atoms in total. The van der Waals surface area contributed by atoms with Gasteiger partial charge in [-0.1, -0.05) is 18.2 Å². The minimum atomic E-state index is 0.899. The van der Waals surface area contributed by atoms with E-state index >= 15 is 0 Å². The normalized spacial score (nSPS) is 21.0. The molecule has 3 rings (SSSR count). The Bertz CT molecular complexity index is 313. The van der Waals surface area contributed by atoms with E-state index in [1.165, 1.54) is 24.0 Å². The van der Waals surface area contributed by atoms with Crippen LogP contribution in [-0.4, -0.2) is 0 Å². The predicted molar refractivity (Wildman–Crippen MR) is 49.0 cm³/mol. The molecule has 0 spiro atoms. The van der Waals surface area contributed by atoms with Gasteiger partial charge in [-0.05, 0) is 35.4 Å². The average Bonchev–Trinajstić information content (AvgIpc) is 2.84. The van der Waals surface area contributed by atoms with Crippen LogP contribution < -0.4 is 5.32 Å². The van der Waals surface area contributed by atoms with Gasteiger partial charge >= 0.3 is 0 Å². The van der Waals surface area contributed by atoms with Crippen molar-refractivity contribution in [3.63, 3.8) is 0 Å². The summed E-state index contributed by atoms with van der Waals surface area (Å²) in [6, 6.07) is 7.00. The van der Waals surface area contributed by atoms with Gasteiger partial charge in [-0.25, -0.2) is 0 Å². The Morgan fingerprint density at radius 1 is 1.08 bits per heavy atom. The van der Waals surface area contributed by atoms with E-state index < -0.39 is 0 Å². The van der Waals surface area contributed by atoms with Crippen LogP contribution >= 0.6 is 0 Å². The second kappa shape index (κ2) is 2.33. The highest BCUT2D eigenvalue weighted by Gasteiger charge is 2.24. The van der Waals surface area contributed by atoms with Gasteiger partial charge in [0.1, 0.15) is 0 Å². The molecule has 0 saturated heterocycles. The van der Waals surface area contributed by atoms with E-state index in [-0.39, 0.29) is 0 Å². The van der Waals surface area contributed by atoms with E-state index in [2.05, 4.69) is 23.5 Å². The first-order valence-corrected chi connectivity index (χ1v) is 4.76. The molecule has 12 heavy (non-hydrogen) atoms. The Morgan fingerprint density at radius 2 is 1.92 bits per heavy atom. The van der Waals surface area contributed by atoms with Crippen molar-refractivity contribution in [2.24, 2.45) is 0 Å². The molecule has 0 unspecified atom stereocenters. The molecule has 0 radical (unpaired) electrons. The minimum absolute atomic E-state index is 0.899. The van der Waals surface area contributed by atoms with E-state index in [1.807, 2.05) is 0 Å². The van der Waals surface area contributed by atoms with Crippen molar-refractivity contribution >= 4 is 0 Å². The van der Waals surface area contributed by atoms with Crippen LogP contribution in [0.2, 0.25) is 0 Å². The summed E-state index contributed by atoms with van der Waals surface area (Å²) in [6.45, 7) is 2.15. The second-order valence-electron chi connectivity index (χ2n) is 3.91. The topological polar surface area (TPSA) is 12.0 Å². The van der Waals surface area contributed by atoms with Crippen LogP contribution in [0.3, 0.4) is 0 Å². The summed E-state index contributed by atoms with van der Waals surface area (Å²) in [5, 5.41) is 3.37. The molecule has 1 aromatic rings. The van der Waals surface area contributed by atoms with Gasteiger partial charge in [-0.3, -0.25) is 0 Å². The quantitative estimate of drug-likeness (QED) is 0.662. The summed E-state index contributed by atoms with van der Waals surface area (Å²) >= 11 is 0. The summed E-state index contributed by atoms with van der Waals surface area (Å²) < 4.78 is 0. The first kappa shape index (κ1) is 6.67. The summed E-state index contributed by atoms with van der Waals surface area (Å²) in [7, 11) is 0. The number of hydrogen-bond donors (Lipinski definition) is 1. The molecule has 1 aromatic carbocycles. The lowest BCUT2D eigenvalue weighted by Gasteiger charge is -2.01. The van der Waals surface area contributed by atoms with Gasteiger partial charge in [-0.2, -0.15) is 0 Å². The van der Waals surface area contributed by atoms with Crippen molar-refractivity contribution in [3.8, 4) is 0 Å². The Morgan fingerprint density at radius 3 is 2.75 bits per heavy atom. The Hall–Kier alpha value is -0.820. The largest absolute Gasteiger partial charge is 0.309 e. The Balaban J connectivity index is 2.03. The lowest BCUT2D eigenvalue weighted by atomic mass is 10.0. The van der Waals surface area contributed by atoms with Crippen molar-refractivity contribution in [3.05, 3.63) is 34.9 Å². The minimum Gasteiger partial charge on any atom is -0.309 e. The Kier molecular flexibility index (Phi) is 1.30. The summed E-state index contributed by atoms with van der Waals surface area (Å²) in [5.74, 6) is 0.899. The van der Waals surface area contributed by atoms with Crippen LogP contribution in [-0.2, 0) is 13.1 Å². The highest BCUT2D eigenvalue weighted by molar-refractivity contribution is 5.37. The predicted octanol–water partition coefficient (Wildman–Crippen LogP) is 2.17. The average molecular weight is 159 g/mol. The highest BCUT2D eigenvalue weighted by Crippen LogP contribution is 2.40. The maximum atomic E-state index is 3.37. The van der Waals surface area contributed by atoms with Gasteiger partial charge in [-0.15, -0.1) is 0 Å². The maximum Gasteiger partial charge on any atom is 0.0212 e. The second-order valence-corrected chi connectivity index (χ2v) is 3.91. The molecular weight excluding hydrogens is 146 g/mol. The first-order valence-electron chi connectivity index (χ1n) is 4.76. The van der Waals surface area contributed by atoms with E-state index in [9.17, 15) is 0 Å². The molecular formula is C11H13N. The zero-order chi connectivity index (χ0) is 7.97. The number of benzene rings is 1. The zero-order valence-electron chi connectivity index (χ0n) is 7.14. The fourth-order valence-corrected chi connectivity index (χ4v) is 1.99. The zero-order valence-corrected chi connectivity index (χ0v) is 7.14. The van der Waals surface area contributed by atoms with Crippen LogP contribution in [0.1, 0.15) is 35.4 Å². The van der Waals surface area contributed by atoms with E-state index in [0.29, 0.717) is 0 Å². The molecule has 62 valence electrons. The highest BCUT2D eigenvalue weighted by atomic mass is 14.9. The van der Waals surface area contributed by atoms with Crippen molar-refractivity contribution in [2.75, 3.05) is 0 Å². The molecule has 1 saturated carbocycles. The van der Waals surface area contributed by atoms with Crippen molar-refractivity contribution in [2.45, 2.75) is 31.8 Å². The summed E-state index contributed by atoms with van der Waals surface area (Å²) in [5.41, 5.74) is 4.59. The third kappa shape index (κ3) is 0.969. The summed E-state index contributed by atoms with van der Waals surface area (Å²) in [6.07, 6.45) is 2.82. The van der Waals surface area contributed by atoms with Crippen LogP contribution in [0.5, 0.6) is 0 Å². The molecule has 2 aliphatic rings. The summed E-state index contributed by atoms with van der Waals surface area (Å²) in [4.78, 5) is 0. The molecule has 1 heterocycles. The third-order valence-corrected chi connectivity index (χ3v) is 2.91. The molecule has 0 aromatic heterocycles. The van der Waals surface area contributed by atoms with E-state index in [4.69, 9.17) is 0 Å². The molecule has 1 fully saturated rings. The van der Waals surface area contributed by atoms with Crippen LogP contribution in [0.4, 0.5) is 0 Å². The van der Waals surface area contributed by atoms with E-state index in [1.54, 1.807) is 5.56 Å². The van der Waals surface area contributed by atoms with Gasteiger partial charge in [0.2, 0.25) is 0 Å². The van der Waals surface area contributed by atoms with Gasteiger partial charge in [0, 0.05) is 13.1 Å². The molecule has 1 heteroatoms. The lowest BCUT2D eigenvalue weighted by molar-refractivity contribution is 0.764. The van der Waals surface area contributed by atoms with Crippen LogP contribution in [0.25, 0.3) is 0 Å². The molecule has 0 amide bonds. The van der Waals surface area contributed by atoms with Gasteiger partial charge in [0.15, 0.2) is 0 Å². The molecule has 0 atom stereocenters. The first-order chi connectivity index (χ1) is 5.93. The van der Waals surface area contributed by atoms with Crippen molar-refractivity contribution < 1.29 is 0 Å². The molecule has 0 bridgehead atoms. The molecule has 1 aliphatic heterocycles.